The topological polar surface area (TPSA) is 88.4 Å². The molecule has 9 heteroatoms. The van der Waals surface area contributed by atoms with Crippen molar-refractivity contribution in [1.82, 2.24) is 5.32 Å². The summed E-state index contributed by atoms with van der Waals surface area (Å²) in [4.78, 5) is 1.73. The Labute approximate surface area is 150 Å². The first-order valence-electron chi connectivity index (χ1n) is 7.77. The van der Waals surface area contributed by atoms with Crippen LogP contribution in [0.5, 0.6) is 0 Å². The minimum atomic E-state index is -1.20. The van der Waals surface area contributed by atoms with Gasteiger partial charge in [0, 0.05) is 17.8 Å². The first kappa shape index (κ1) is 18.0. The number of aliphatic hydroxyl groups excluding tert-OH is 3. The molecule has 2 heterocycles. The van der Waals surface area contributed by atoms with E-state index in [-0.39, 0.29) is 6.04 Å². The lowest BCUT2D eigenvalue weighted by Gasteiger charge is -2.36. The molecule has 1 unspecified atom stereocenters. The highest BCUT2D eigenvalue weighted by atomic mass is 35.5. The Balaban J connectivity index is 2.02. The molecule has 1 fully saturated rings. The minimum absolute atomic E-state index is 0.0870. The van der Waals surface area contributed by atoms with Crippen molar-refractivity contribution in [2.24, 2.45) is 0 Å². The molecule has 1 aromatic rings. The second-order valence-corrected chi connectivity index (χ2v) is 7.02. The van der Waals surface area contributed by atoms with Crippen molar-refractivity contribution in [3.05, 3.63) is 23.2 Å². The lowest BCUT2D eigenvalue weighted by atomic mass is 10.1. The summed E-state index contributed by atoms with van der Waals surface area (Å²) in [6, 6.07) is 5.40. The molecule has 2 aliphatic heterocycles. The lowest BCUT2D eigenvalue weighted by Crippen LogP contribution is -2.58. The number of nitrogens with zero attached hydrogens (tertiary/aromatic N) is 2. The molecular formula is C15H21Cl2N3O4. The maximum atomic E-state index is 10.4. The van der Waals surface area contributed by atoms with Gasteiger partial charge in [-0.15, -0.1) is 0 Å². The summed E-state index contributed by atoms with van der Waals surface area (Å²) in [6.45, 7) is 3.54. The molecule has 7 nitrogen and oxygen atoms in total. The van der Waals surface area contributed by atoms with Gasteiger partial charge in [-0.2, -0.15) is 0 Å². The lowest BCUT2D eigenvalue weighted by molar-refractivity contribution is -0.0248. The Morgan fingerprint density at radius 1 is 1.29 bits per heavy atom. The van der Waals surface area contributed by atoms with Crippen LogP contribution < -0.4 is 14.6 Å². The number of nitrogens with one attached hydrogen (secondary N) is 1. The smallest absolute Gasteiger partial charge is 0.175 e. The van der Waals surface area contributed by atoms with E-state index in [1.807, 2.05) is 19.9 Å². The molecule has 0 aromatic heterocycles. The van der Waals surface area contributed by atoms with Crippen LogP contribution in [0.2, 0.25) is 5.02 Å². The first-order chi connectivity index (χ1) is 11.4. The second kappa shape index (κ2) is 6.84. The summed E-state index contributed by atoms with van der Waals surface area (Å²) in [5, 5.41) is 33.6. The average Bonchev–Trinajstić information content (AvgIpc) is 2.96. The van der Waals surface area contributed by atoms with E-state index in [4.69, 9.17) is 28.1 Å². The zero-order chi connectivity index (χ0) is 17.6. The maximum absolute atomic E-state index is 10.4. The predicted octanol–water partition coefficient (Wildman–Crippen LogP) is 0.841. The molecule has 0 spiro atoms. The molecule has 0 radical (unpaired) electrons. The molecule has 0 aliphatic carbocycles. The molecule has 4 N–H and O–H groups in total. The third-order valence-electron chi connectivity index (χ3n) is 4.21. The van der Waals surface area contributed by atoms with Crippen molar-refractivity contribution in [2.75, 3.05) is 15.9 Å². The van der Waals surface area contributed by atoms with E-state index in [0.717, 1.165) is 0 Å². The molecule has 2 aliphatic rings. The van der Waals surface area contributed by atoms with E-state index >= 15 is 0 Å². The van der Waals surface area contributed by atoms with Gasteiger partial charge in [-0.25, -0.2) is 4.42 Å². The molecule has 0 saturated carbocycles. The van der Waals surface area contributed by atoms with E-state index in [1.165, 1.54) is 4.42 Å². The van der Waals surface area contributed by atoms with E-state index in [1.54, 1.807) is 17.0 Å². The molecular weight excluding hydrogens is 357 g/mol. The number of benzene rings is 1. The van der Waals surface area contributed by atoms with Crippen LogP contribution >= 0.6 is 23.4 Å². The summed E-state index contributed by atoms with van der Waals surface area (Å²) in [5.41, 5.74) is 1.27. The number of ether oxygens (including phenoxy) is 1. The normalized spacial score (nSPS) is 32.8. The van der Waals surface area contributed by atoms with Crippen LogP contribution in [0, 0.1) is 0 Å². The SMILES string of the molecule is CC(C)NC1N(Cl)c2c(Cl)cccc2N1[C@@H]1O[C@H](CO)[C@@H](O)[C@H]1O. The number of hydrogen-bond donors (Lipinski definition) is 4. The highest BCUT2D eigenvalue weighted by Gasteiger charge is 2.51. The fourth-order valence-corrected chi connectivity index (χ4v) is 3.75. The fourth-order valence-electron chi connectivity index (χ4n) is 3.12. The van der Waals surface area contributed by atoms with Crippen LogP contribution in [0.4, 0.5) is 11.4 Å². The van der Waals surface area contributed by atoms with Gasteiger partial charge in [-0.05, 0) is 26.0 Å². The van der Waals surface area contributed by atoms with Crippen molar-refractivity contribution in [2.45, 2.75) is 50.7 Å². The number of para-hydroxylation sites is 1. The van der Waals surface area contributed by atoms with Crippen LogP contribution in [-0.4, -0.2) is 58.8 Å². The van der Waals surface area contributed by atoms with Gasteiger partial charge in [0.1, 0.15) is 18.3 Å². The quantitative estimate of drug-likeness (QED) is 0.578. The predicted molar refractivity (Wildman–Crippen MR) is 92.1 cm³/mol. The Morgan fingerprint density at radius 3 is 2.58 bits per heavy atom. The highest BCUT2D eigenvalue weighted by Crippen LogP contribution is 2.47. The van der Waals surface area contributed by atoms with Crippen LogP contribution in [0.15, 0.2) is 18.2 Å². The minimum Gasteiger partial charge on any atom is -0.394 e. The van der Waals surface area contributed by atoms with Gasteiger partial charge in [0.05, 0.1) is 23.0 Å². The zero-order valence-electron chi connectivity index (χ0n) is 13.3. The standard InChI is InChI=1S/C15H21Cl2N3O4/c1-7(2)18-15-19(14-13(23)12(22)10(6-21)24-14)9-5-3-4-8(16)11(9)20(15)17/h3-5,7,10,12-15,18,21-23H,6H2,1-2H3/t10-,12-,13-,14-,15?/m1/s1. The summed E-state index contributed by atoms with van der Waals surface area (Å²) in [6.07, 6.45) is -4.67. The Hall–Kier alpha value is -0.800. The van der Waals surface area contributed by atoms with Crippen LogP contribution in [0.3, 0.4) is 0 Å². The number of halogens is 2. The number of rotatable bonds is 4. The molecule has 0 bridgehead atoms. The van der Waals surface area contributed by atoms with Gasteiger partial charge in [0.15, 0.2) is 12.5 Å². The first-order valence-corrected chi connectivity index (χ1v) is 8.48. The molecule has 3 rings (SSSR count). The third kappa shape index (κ3) is 2.84. The monoisotopic (exact) mass is 377 g/mol. The number of anilines is 2. The average molecular weight is 378 g/mol. The third-order valence-corrected chi connectivity index (χ3v) is 4.87. The van der Waals surface area contributed by atoms with Crippen molar-refractivity contribution < 1.29 is 20.1 Å². The van der Waals surface area contributed by atoms with Crippen LogP contribution in [0.1, 0.15) is 13.8 Å². The van der Waals surface area contributed by atoms with E-state index in [0.29, 0.717) is 16.4 Å². The summed E-state index contributed by atoms with van der Waals surface area (Å²) in [5.74, 6) is 0. The summed E-state index contributed by atoms with van der Waals surface area (Å²) in [7, 11) is 0. The van der Waals surface area contributed by atoms with Crippen LogP contribution in [-0.2, 0) is 4.74 Å². The van der Waals surface area contributed by atoms with Crippen molar-refractivity contribution in [3.8, 4) is 0 Å². The summed E-state index contributed by atoms with van der Waals surface area (Å²) >= 11 is 12.8. The van der Waals surface area contributed by atoms with E-state index < -0.39 is 37.4 Å². The molecule has 134 valence electrons. The van der Waals surface area contributed by atoms with E-state index in [9.17, 15) is 15.3 Å². The highest BCUT2D eigenvalue weighted by molar-refractivity contribution is 6.38. The van der Waals surface area contributed by atoms with E-state index in [2.05, 4.69) is 5.32 Å². The van der Waals surface area contributed by atoms with Crippen molar-refractivity contribution >= 4 is 34.8 Å². The number of fused-ring (bicyclic) bond motifs is 1. The maximum Gasteiger partial charge on any atom is 0.175 e. The van der Waals surface area contributed by atoms with Crippen molar-refractivity contribution in [1.29, 1.82) is 0 Å². The number of aliphatic hydroxyl groups is 3. The van der Waals surface area contributed by atoms with Gasteiger partial charge < -0.3 is 25.0 Å². The zero-order valence-corrected chi connectivity index (χ0v) is 14.8. The molecule has 1 aromatic carbocycles. The van der Waals surface area contributed by atoms with Gasteiger partial charge in [-0.3, -0.25) is 5.32 Å². The van der Waals surface area contributed by atoms with Gasteiger partial charge in [-0.1, -0.05) is 17.7 Å². The number of hydrogen-bond acceptors (Lipinski definition) is 7. The van der Waals surface area contributed by atoms with Gasteiger partial charge in [0.25, 0.3) is 0 Å². The molecule has 24 heavy (non-hydrogen) atoms. The molecule has 1 saturated heterocycles. The van der Waals surface area contributed by atoms with Gasteiger partial charge in [0.2, 0.25) is 0 Å². The van der Waals surface area contributed by atoms with Gasteiger partial charge >= 0.3 is 0 Å². The second-order valence-electron chi connectivity index (χ2n) is 6.25. The molecule has 5 atom stereocenters. The summed E-state index contributed by atoms with van der Waals surface area (Å²) < 4.78 is 7.13. The molecule has 0 amide bonds. The Bertz CT molecular complexity index is 606. The Morgan fingerprint density at radius 2 is 2.00 bits per heavy atom. The van der Waals surface area contributed by atoms with Crippen LogP contribution in [0.25, 0.3) is 0 Å². The van der Waals surface area contributed by atoms with Crippen molar-refractivity contribution in [3.63, 3.8) is 0 Å². The largest absolute Gasteiger partial charge is 0.394 e. The Kier molecular flexibility index (Phi) is 5.13. The fraction of sp³-hybridized carbons (Fsp3) is 0.600.